The highest BCUT2D eigenvalue weighted by Gasteiger charge is 2.23. The van der Waals surface area contributed by atoms with E-state index in [-0.39, 0.29) is 5.91 Å². The summed E-state index contributed by atoms with van der Waals surface area (Å²) in [6, 6.07) is 9.73. The zero-order chi connectivity index (χ0) is 19.1. The van der Waals surface area contributed by atoms with Crippen molar-refractivity contribution in [1.29, 1.82) is 0 Å². The number of fused-ring (bicyclic) bond motifs is 1. The molecule has 1 aliphatic heterocycles. The molecule has 138 valence electrons. The van der Waals surface area contributed by atoms with Gasteiger partial charge in [0.2, 0.25) is 10.0 Å². The minimum atomic E-state index is -3.22. The number of benzene rings is 2. The van der Waals surface area contributed by atoms with Gasteiger partial charge in [0.15, 0.2) is 0 Å². The summed E-state index contributed by atoms with van der Waals surface area (Å²) in [6.07, 6.45) is 1.92. The predicted octanol–water partition coefficient (Wildman–Crippen LogP) is 3.18. The SMILES string of the molecule is Cc1cc(C)c(C(=O)Nc2ccc3c(c2)CN(S(C)(=O)=O)CC3)c(C)c1. The molecule has 2 aromatic rings. The van der Waals surface area contributed by atoms with Gasteiger partial charge in [0, 0.05) is 24.3 Å². The molecule has 2 aromatic carbocycles. The molecular weight excluding hydrogens is 348 g/mol. The summed E-state index contributed by atoms with van der Waals surface area (Å²) in [4.78, 5) is 12.7. The molecule has 0 saturated heterocycles. The number of hydrogen-bond donors (Lipinski definition) is 1. The molecule has 0 saturated carbocycles. The van der Waals surface area contributed by atoms with Crippen LogP contribution in [0.4, 0.5) is 5.69 Å². The maximum atomic E-state index is 12.7. The van der Waals surface area contributed by atoms with Crippen molar-refractivity contribution in [3.63, 3.8) is 0 Å². The maximum absolute atomic E-state index is 12.7. The minimum Gasteiger partial charge on any atom is -0.322 e. The second-order valence-electron chi connectivity index (χ2n) is 7.06. The van der Waals surface area contributed by atoms with E-state index in [1.807, 2.05) is 51.1 Å². The molecule has 0 aromatic heterocycles. The number of hydrogen-bond acceptors (Lipinski definition) is 3. The van der Waals surface area contributed by atoms with Gasteiger partial charge in [-0.3, -0.25) is 4.79 Å². The molecule has 1 N–H and O–H groups in total. The molecule has 1 heterocycles. The summed E-state index contributed by atoms with van der Waals surface area (Å²) in [5.41, 5.74) is 6.46. The van der Waals surface area contributed by atoms with Crippen molar-refractivity contribution in [3.8, 4) is 0 Å². The third-order valence-electron chi connectivity index (χ3n) is 4.81. The summed E-state index contributed by atoms with van der Waals surface area (Å²) >= 11 is 0. The molecule has 0 radical (unpaired) electrons. The lowest BCUT2D eigenvalue weighted by atomic mass is 9.98. The number of carbonyl (C=O) groups excluding carboxylic acids is 1. The average Bonchev–Trinajstić information content (AvgIpc) is 2.52. The number of rotatable bonds is 3. The predicted molar refractivity (Wildman–Crippen MR) is 104 cm³/mol. The molecule has 1 aliphatic rings. The molecule has 3 rings (SSSR count). The summed E-state index contributed by atoms with van der Waals surface area (Å²) in [7, 11) is -3.22. The Morgan fingerprint density at radius 2 is 1.69 bits per heavy atom. The molecule has 26 heavy (non-hydrogen) atoms. The third kappa shape index (κ3) is 3.81. The van der Waals surface area contributed by atoms with Crippen molar-refractivity contribution in [2.45, 2.75) is 33.7 Å². The Kier molecular flexibility index (Phi) is 4.90. The summed E-state index contributed by atoms with van der Waals surface area (Å²) in [5.74, 6) is -0.143. The van der Waals surface area contributed by atoms with Crippen LogP contribution in [0.5, 0.6) is 0 Å². The highest BCUT2D eigenvalue weighted by molar-refractivity contribution is 7.88. The molecule has 0 bridgehead atoms. The molecular formula is C20H24N2O3S. The largest absolute Gasteiger partial charge is 0.322 e. The number of nitrogens with one attached hydrogen (secondary N) is 1. The third-order valence-corrected chi connectivity index (χ3v) is 6.06. The number of amides is 1. The van der Waals surface area contributed by atoms with Gasteiger partial charge in [0.1, 0.15) is 0 Å². The molecule has 0 fully saturated rings. The van der Waals surface area contributed by atoms with E-state index in [0.717, 1.165) is 27.8 Å². The van der Waals surface area contributed by atoms with E-state index < -0.39 is 10.0 Å². The fourth-order valence-electron chi connectivity index (χ4n) is 3.62. The van der Waals surface area contributed by atoms with Crippen molar-refractivity contribution < 1.29 is 13.2 Å². The van der Waals surface area contributed by atoms with Crippen LogP contribution < -0.4 is 5.32 Å². The zero-order valence-electron chi connectivity index (χ0n) is 15.6. The Labute approximate surface area is 155 Å². The van der Waals surface area contributed by atoms with Crippen molar-refractivity contribution >= 4 is 21.6 Å². The second kappa shape index (κ2) is 6.85. The normalized spacial score (nSPS) is 14.8. The van der Waals surface area contributed by atoms with Crippen molar-refractivity contribution in [3.05, 3.63) is 63.7 Å². The molecule has 0 unspecified atom stereocenters. The van der Waals surface area contributed by atoms with Gasteiger partial charge in [-0.15, -0.1) is 0 Å². The first-order chi connectivity index (χ1) is 12.1. The van der Waals surface area contributed by atoms with Crippen molar-refractivity contribution in [2.75, 3.05) is 18.1 Å². The van der Waals surface area contributed by atoms with E-state index in [2.05, 4.69) is 5.32 Å². The number of sulfonamides is 1. The van der Waals surface area contributed by atoms with Gasteiger partial charge in [-0.1, -0.05) is 23.8 Å². The Balaban J connectivity index is 1.85. The zero-order valence-corrected chi connectivity index (χ0v) is 16.4. The summed E-state index contributed by atoms with van der Waals surface area (Å²) in [5, 5.41) is 2.96. The minimum absolute atomic E-state index is 0.143. The fraction of sp³-hybridized carbons (Fsp3) is 0.350. The van der Waals surface area contributed by atoms with E-state index in [4.69, 9.17) is 0 Å². The Hall–Kier alpha value is -2.18. The molecule has 0 spiro atoms. The fourth-order valence-corrected chi connectivity index (χ4v) is 4.42. The van der Waals surface area contributed by atoms with Gasteiger partial charge in [0.05, 0.1) is 6.26 Å². The lowest BCUT2D eigenvalue weighted by Gasteiger charge is -2.27. The smallest absolute Gasteiger partial charge is 0.256 e. The van der Waals surface area contributed by atoms with E-state index in [0.29, 0.717) is 30.8 Å². The van der Waals surface area contributed by atoms with Crippen molar-refractivity contribution in [2.24, 2.45) is 0 Å². The van der Waals surface area contributed by atoms with Gasteiger partial charge < -0.3 is 5.32 Å². The number of anilines is 1. The number of aryl methyl sites for hydroxylation is 3. The van der Waals surface area contributed by atoms with Crippen LogP contribution in [0.15, 0.2) is 30.3 Å². The van der Waals surface area contributed by atoms with Crippen LogP contribution in [0.2, 0.25) is 0 Å². The summed E-state index contributed by atoms with van der Waals surface area (Å²) in [6.45, 7) is 6.73. The molecule has 5 nitrogen and oxygen atoms in total. The van der Waals surface area contributed by atoms with Gasteiger partial charge in [0.25, 0.3) is 5.91 Å². The van der Waals surface area contributed by atoms with E-state index in [1.165, 1.54) is 10.6 Å². The topological polar surface area (TPSA) is 66.5 Å². The van der Waals surface area contributed by atoms with E-state index in [9.17, 15) is 13.2 Å². The number of carbonyl (C=O) groups is 1. The summed E-state index contributed by atoms with van der Waals surface area (Å²) < 4.78 is 25.1. The standard InChI is InChI=1S/C20H24N2O3S/c1-13-9-14(2)19(15(3)10-13)20(23)21-18-6-5-16-7-8-22(26(4,24)25)12-17(16)11-18/h5-6,9-11H,7-8,12H2,1-4H3,(H,21,23). The second-order valence-corrected chi connectivity index (χ2v) is 9.04. The van der Waals surface area contributed by atoms with Crippen LogP contribution in [0.25, 0.3) is 0 Å². The van der Waals surface area contributed by atoms with Crippen LogP contribution in [-0.4, -0.2) is 31.4 Å². The monoisotopic (exact) mass is 372 g/mol. The van der Waals surface area contributed by atoms with Crippen molar-refractivity contribution in [1.82, 2.24) is 4.31 Å². The van der Waals surface area contributed by atoms with Gasteiger partial charge in [-0.2, -0.15) is 4.31 Å². The van der Waals surface area contributed by atoms with Gasteiger partial charge in [-0.25, -0.2) is 8.42 Å². The Morgan fingerprint density at radius 1 is 1.04 bits per heavy atom. The van der Waals surface area contributed by atoms with E-state index >= 15 is 0 Å². The first kappa shape index (κ1) is 18.6. The molecule has 1 amide bonds. The van der Waals surface area contributed by atoms with Crippen LogP contribution in [0.1, 0.15) is 38.2 Å². The molecule has 0 atom stereocenters. The highest BCUT2D eigenvalue weighted by atomic mass is 32.2. The first-order valence-corrected chi connectivity index (χ1v) is 10.5. The quantitative estimate of drug-likeness (QED) is 0.900. The van der Waals surface area contributed by atoms with Crippen LogP contribution in [-0.2, 0) is 23.0 Å². The Morgan fingerprint density at radius 3 is 2.31 bits per heavy atom. The highest BCUT2D eigenvalue weighted by Crippen LogP contribution is 2.25. The lowest BCUT2D eigenvalue weighted by Crippen LogP contribution is -2.35. The molecule has 6 heteroatoms. The van der Waals surface area contributed by atoms with Crippen LogP contribution >= 0.6 is 0 Å². The van der Waals surface area contributed by atoms with Crippen LogP contribution in [0.3, 0.4) is 0 Å². The maximum Gasteiger partial charge on any atom is 0.256 e. The van der Waals surface area contributed by atoms with Gasteiger partial charge in [-0.05, 0) is 61.6 Å². The van der Waals surface area contributed by atoms with Crippen LogP contribution in [0, 0.1) is 20.8 Å². The van der Waals surface area contributed by atoms with E-state index in [1.54, 1.807) is 0 Å². The first-order valence-electron chi connectivity index (χ1n) is 8.61. The molecule has 0 aliphatic carbocycles. The Bertz CT molecular complexity index is 958. The average molecular weight is 372 g/mol. The number of nitrogens with zero attached hydrogens (tertiary/aromatic N) is 1. The lowest BCUT2D eigenvalue weighted by molar-refractivity contribution is 0.102. The van der Waals surface area contributed by atoms with Gasteiger partial charge >= 0.3 is 0 Å².